The predicted molar refractivity (Wildman–Crippen MR) is 117 cm³/mol. The Kier molecular flexibility index (Phi) is 10.2. The summed E-state index contributed by atoms with van der Waals surface area (Å²) in [6.45, 7) is 4.00. The van der Waals surface area contributed by atoms with Crippen molar-refractivity contribution in [2.45, 2.75) is 26.2 Å². The zero-order chi connectivity index (χ0) is 24.7. The van der Waals surface area contributed by atoms with Gasteiger partial charge in [0.25, 0.3) is 0 Å². The molecule has 0 aliphatic heterocycles. The Hall–Kier alpha value is -2.14. The molecule has 32 heavy (non-hydrogen) atoms. The molecule has 2 rings (SSSR count). The van der Waals surface area contributed by atoms with Gasteiger partial charge in [0.05, 0.1) is 11.1 Å². The zero-order valence-electron chi connectivity index (χ0n) is 16.7. The molecule has 0 heterocycles. The molecule has 0 spiro atoms. The molecule has 3 nitrogen and oxygen atoms in total. The van der Waals surface area contributed by atoms with Gasteiger partial charge in [0, 0.05) is 33.9 Å². The van der Waals surface area contributed by atoms with Crippen LogP contribution in [0.1, 0.15) is 30.5 Å². The molecule has 12 heteroatoms. The van der Waals surface area contributed by atoms with Crippen molar-refractivity contribution in [1.29, 1.82) is 0 Å². The van der Waals surface area contributed by atoms with Gasteiger partial charge in [0.1, 0.15) is 11.4 Å². The molecular formula is C20H15F7INO2S. The van der Waals surface area contributed by atoms with Crippen LogP contribution in [0.5, 0.6) is 5.75 Å². The zero-order valence-corrected chi connectivity index (χ0v) is 19.6. The highest BCUT2D eigenvalue weighted by atomic mass is 127. The second-order valence-corrected chi connectivity index (χ2v) is 7.28. The maximum Gasteiger partial charge on any atom is 0.420 e. The van der Waals surface area contributed by atoms with Crippen molar-refractivity contribution in [3.05, 3.63) is 58.9 Å². The third-order valence-corrected chi connectivity index (χ3v) is 4.46. The number of anilines is 1. The summed E-state index contributed by atoms with van der Waals surface area (Å²) >= 11 is 1.67. The van der Waals surface area contributed by atoms with Crippen molar-refractivity contribution in [2.24, 2.45) is 0 Å². The highest BCUT2D eigenvalue weighted by Crippen LogP contribution is 2.42. The standard InChI is InChI=1S/C18H9F7INO2S.C2H6/c1-27(13-4-2-12(19)3-5-13)16(28)29-15-10(6-7-30-26)8-11(17(20,21)22)9-14(15)18(23,24)25;1-2/h2-5,8-9H,1H3;1-2H3. The normalized spacial score (nSPS) is 11.0. The molecule has 0 fully saturated rings. The molecule has 2 aromatic rings. The first-order valence-electron chi connectivity index (χ1n) is 8.66. The molecule has 0 saturated heterocycles. The van der Waals surface area contributed by atoms with Gasteiger partial charge in [0.15, 0.2) is 5.75 Å². The lowest BCUT2D eigenvalue weighted by molar-refractivity contribution is -0.143. The average Bonchev–Trinajstić information content (AvgIpc) is 2.72. The fourth-order valence-electron chi connectivity index (χ4n) is 2.21. The Bertz CT molecular complexity index is 996. The summed E-state index contributed by atoms with van der Waals surface area (Å²) in [6.07, 6.45) is -11.7. The van der Waals surface area contributed by atoms with Gasteiger partial charge in [-0.3, -0.25) is 4.90 Å². The van der Waals surface area contributed by atoms with Crippen molar-refractivity contribution < 1.29 is 40.3 Å². The van der Waals surface area contributed by atoms with Crippen molar-refractivity contribution in [3.63, 3.8) is 0 Å². The number of hydrogen-bond acceptors (Lipinski definition) is 3. The Morgan fingerprint density at radius 2 is 1.59 bits per heavy atom. The van der Waals surface area contributed by atoms with Crippen LogP contribution in [0.4, 0.5) is 41.2 Å². The SMILES string of the molecule is CC.CN(C(=O)Oc1c(C#CSI)cc(C(F)(F)F)cc1C(F)(F)F)c1ccc(F)cc1. The lowest BCUT2D eigenvalue weighted by Gasteiger charge is -2.21. The van der Waals surface area contributed by atoms with Crippen molar-refractivity contribution in [1.82, 2.24) is 0 Å². The number of amides is 1. The van der Waals surface area contributed by atoms with Crippen molar-refractivity contribution in [3.8, 4) is 16.9 Å². The number of ether oxygens (including phenoxy) is 1. The van der Waals surface area contributed by atoms with Gasteiger partial charge < -0.3 is 4.74 Å². The molecule has 174 valence electrons. The number of carbonyl (C=O) groups is 1. The highest BCUT2D eigenvalue weighted by molar-refractivity contribution is 14.2. The maximum absolute atomic E-state index is 13.5. The van der Waals surface area contributed by atoms with Crippen LogP contribution < -0.4 is 9.64 Å². The van der Waals surface area contributed by atoms with Gasteiger partial charge in [0.2, 0.25) is 0 Å². The van der Waals surface area contributed by atoms with E-state index in [1.165, 1.54) is 12.1 Å². The first-order valence-corrected chi connectivity index (χ1v) is 12.0. The minimum atomic E-state index is -5.26. The molecule has 1 amide bonds. The fraction of sp³-hybridized carbons (Fsp3) is 0.250. The van der Waals surface area contributed by atoms with Gasteiger partial charge in [-0.25, -0.2) is 9.18 Å². The summed E-state index contributed by atoms with van der Waals surface area (Å²) in [5.74, 6) is 0.365. The van der Waals surface area contributed by atoms with Crippen LogP contribution in [-0.4, -0.2) is 13.1 Å². The Morgan fingerprint density at radius 1 is 1.03 bits per heavy atom. The van der Waals surface area contributed by atoms with E-state index >= 15 is 0 Å². The van der Waals surface area contributed by atoms with Crippen LogP contribution in [-0.2, 0) is 12.4 Å². The second-order valence-electron chi connectivity index (χ2n) is 5.60. The maximum atomic E-state index is 13.5. The monoisotopic (exact) mass is 593 g/mol. The molecular weight excluding hydrogens is 578 g/mol. The molecule has 0 bridgehead atoms. The quantitative estimate of drug-likeness (QED) is 0.201. The van der Waals surface area contributed by atoms with Crippen LogP contribution in [0.25, 0.3) is 0 Å². The van der Waals surface area contributed by atoms with Gasteiger partial charge in [-0.15, -0.1) is 0 Å². The van der Waals surface area contributed by atoms with Gasteiger partial charge in [-0.1, -0.05) is 19.8 Å². The molecule has 0 aliphatic carbocycles. The van der Waals surface area contributed by atoms with Gasteiger partial charge in [-0.2, -0.15) is 26.3 Å². The number of carbonyl (C=O) groups excluding carboxylic acids is 1. The number of nitrogens with zero attached hydrogens (tertiary/aromatic N) is 1. The van der Waals surface area contributed by atoms with E-state index in [0.717, 1.165) is 33.0 Å². The second kappa shape index (κ2) is 11.6. The molecule has 0 aromatic heterocycles. The summed E-state index contributed by atoms with van der Waals surface area (Å²) in [7, 11) is 1.95. The summed E-state index contributed by atoms with van der Waals surface area (Å²) < 4.78 is 97.4. The third-order valence-electron chi connectivity index (χ3n) is 3.62. The minimum Gasteiger partial charge on any atom is -0.408 e. The lowest BCUT2D eigenvalue weighted by atomic mass is 10.0. The number of rotatable bonds is 2. The van der Waals surface area contributed by atoms with Crippen molar-refractivity contribution in [2.75, 3.05) is 11.9 Å². The smallest absolute Gasteiger partial charge is 0.408 e. The first kappa shape index (κ1) is 27.9. The predicted octanol–water partition coefficient (Wildman–Crippen LogP) is 7.92. The summed E-state index contributed by atoms with van der Waals surface area (Å²) in [6, 6.07) is 4.57. The number of alkyl halides is 6. The number of halogens is 8. The minimum absolute atomic E-state index is 0.0809. The van der Waals surface area contributed by atoms with Crippen molar-refractivity contribution >= 4 is 41.9 Å². The van der Waals surface area contributed by atoms with Crippen LogP contribution in [0, 0.1) is 17.0 Å². The van der Waals surface area contributed by atoms with E-state index < -0.39 is 46.7 Å². The molecule has 0 radical (unpaired) electrons. The topological polar surface area (TPSA) is 29.5 Å². The van der Waals surface area contributed by atoms with E-state index in [2.05, 4.69) is 11.2 Å². The van der Waals surface area contributed by atoms with E-state index in [1.54, 1.807) is 21.2 Å². The molecule has 0 aliphatic rings. The average molecular weight is 593 g/mol. The van der Waals surface area contributed by atoms with E-state index in [9.17, 15) is 35.5 Å². The number of hydrogen-bond donors (Lipinski definition) is 0. The van der Waals surface area contributed by atoms with Crippen LogP contribution in [0.15, 0.2) is 36.4 Å². The number of benzene rings is 2. The van der Waals surface area contributed by atoms with E-state index in [4.69, 9.17) is 4.74 Å². The summed E-state index contributed by atoms with van der Waals surface area (Å²) in [5, 5.41) is 2.27. The van der Waals surface area contributed by atoms with E-state index in [-0.39, 0.29) is 11.8 Å². The lowest BCUT2D eigenvalue weighted by Crippen LogP contribution is -2.30. The highest BCUT2D eigenvalue weighted by Gasteiger charge is 2.41. The third kappa shape index (κ3) is 7.47. The molecule has 0 saturated carbocycles. The first-order chi connectivity index (χ1) is 14.8. The Morgan fingerprint density at radius 3 is 2.06 bits per heavy atom. The van der Waals surface area contributed by atoms with Gasteiger partial charge in [-0.05, 0) is 50.6 Å². The van der Waals surface area contributed by atoms with Gasteiger partial charge >= 0.3 is 18.4 Å². The van der Waals surface area contributed by atoms with Crippen LogP contribution in [0.2, 0.25) is 0 Å². The molecule has 0 atom stereocenters. The molecule has 2 aromatic carbocycles. The fourth-order valence-corrected chi connectivity index (χ4v) is 2.68. The van der Waals surface area contributed by atoms with Crippen LogP contribution >= 0.6 is 30.1 Å². The summed E-state index contributed by atoms with van der Waals surface area (Å²) in [4.78, 5) is 13.1. The Labute approximate surface area is 195 Å². The Balaban J connectivity index is 0.00000249. The molecule has 0 N–H and O–H groups in total. The van der Waals surface area contributed by atoms with E-state index in [1.807, 2.05) is 13.8 Å². The largest absolute Gasteiger partial charge is 0.420 e. The van der Waals surface area contributed by atoms with Crippen LogP contribution in [0.3, 0.4) is 0 Å². The molecule has 0 unspecified atom stereocenters. The van der Waals surface area contributed by atoms with E-state index in [0.29, 0.717) is 6.07 Å². The summed E-state index contributed by atoms with van der Waals surface area (Å²) in [5.41, 5.74) is -4.08.